The van der Waals surface area contributed by atoms with E-state index in [2.05, 4.69) is 0 Å². The Labute approximate surface area is 138 Å². The summed E-state index contributed by atoms with van der Waals surface area (Å²) in [5, 5.41) is -0.734. The van der Waals surface area contributed by atoms with Crippen molar-refractivity contribution >= 4 is 44.9 Å². The van der Waals surface area contributed by atoms with Gasteiger partial charge < -0.3 is 0 Å². The lowest BCUT2D eigenvalue weighted by Crippen LogP contribution is -2.24. The molecule has 0 saturated heterocycles. The van der Waals surface area contributed by atoms with Crippen molar-refractivity contribution in [2.45, 2.75) is 74.3 Å². The topological polar surface area (TPSA) is 54.4 Å². The smallest absolute Gasteiger partial charge is 0.283 e. The van der Waals surface area contributed by atoms with Crippen LogP contribution in [0.1, 0.15) is 64.2 Å². The van der Waals surface area contributed by atoms with Gasteiger partial charge in [0.2, 0.25) is 0 Å². The Hall–Kier alpha value is 0.780. The Kier molecular flexibility index (Phi) is 12.8. The molecule has 3 nitrogen and oxygen atoms in total. The first kappa shape index (κ1) is 20.8. The molecular weight excluding hydrogens is 343 g/mol. The van der Waals surface area contributed by atoms with Crippen molar-refractivity contribution in [2.24, 2.45) is 0 Å². The van der Waals surface area contributed by atoms with E-state index >= 15 is 0 Å². The van der Waals surface area contributed by atoms with Gasteiger partial charge in [-0.3, -0.25) is 4.55 Å². The maximum Gasteiger partial charge on any atom is 0.283 e. The maximum atomic E-state index is 10.8. The van der Waals surface area contributed by atoms with Crippen molar-refractivity contribution in [3.05, 3.63) is 0 Å². The van der Waals surface area contributed by atoms with E-state index in [9.17, 15) is 8.42 Å². The predicted octanol–water partition coefficient (Wildman–Crippen LogP) is 5.19. The summed E-state index contributed by atoms with van der Waals surface area (Å²) in [6.45, 7) is 0. The normalized spacial score (nSPS) is 15.2. The number of hydrogen-bond acceptors (Lipinski definition) is 2. The minimum absolute atomic E-state index is 0.505. The maximum absolute atomic E-state index is 10.8. The van der Waals surface area contributed by atoms with Crippen molar-refractivity contribution in [2.75, 3.05) is 5.88 Å². The lowest BCUT2D eigenvalue weighted by molar-refractivity contribution is 0.473. The number of rotatable bonds is 13. The third kappa shape index (κ3) is 11.4. The van der Waals surface area contributed by atoms with Crippen LogP contribution in [0.25, 0.3) is 0 Å². The molecule has 20 heavy (non-hydrogen) atoms. The SMILES string of the molecule is O=S(=O)(O)C(Cl)C(Cl)CCCCCCCCCCCCl. The van der Waals surface area contributed by atoms with Crippen molar-refractivity contribution in [3.8, 4) is 0 Å². The minimum atomic E-state index is -4.24. The second kappa shape index (κ2) is 12.3. The van der Waals surface area contributed by atoms with Gasteiger partial charge in [0.25, 0.3) is 10.1 Å². The Balaban J connectivity index is 3.40. The molecule has 122 valence electrons. The zero-order valence-corrected chi connectivity index (χ0v) is 14.8. The summed E-state index contributed by atoms with van der Waals surface area (Å²) in [4.78, 5) is 0. The van der Waals surface area contributed by atoms with Crippen LogP contribution in [0.4, 0.5) is 0 Å². The highest BCUT2D eigenvalue weighted by molar-refractivity contribution is 7.87. The molecule has 2 unspecified atom stereocenters. The van der Waals surface area contributed by atoms with Gasteiger partial charge in [0.1, 0.15) is 0 Å². The third-order valence-electron chi connectivity index (χ3n) is 3.18. The van der Waals surface area contributed by atoms with E-state index < -0.39 is 20.2 Å². The molecular formula is C13H25Cl3O3S. The summed E-state index contributed by atoms with van der Waals surface area (Å²) in [6.07, 6.45) is 10.7. The molecule has 0 aromatic heterocycles. The first-order valence-electron chi connectivity index (χ1n) is 7.20. The third-order valence-corrected chi connectivity index (χ3v) is 6.08. The van der Waals surface area contributed by atoms with E-state index in [0.29, 0.717) is 6.42 Å². The molecule has 2 atom stereocenters. The zero-order chi connectivity index (χ0) is 15.4. The first-order valence-corrected chi connectivity index (χ1v) is 10.1. The van der Waals surface area contributed by atoms with Gasteiger partial charge in [0, 0.05) is 5.88 Å². The fourth-order valence-electron chi connectivity index (χ4n) is 1.99. The number of hydrogen-bond donors (Lipinski definition) is 1. The molecule has 0 aliphatic rings. The summed E-state index contributed by atoms with van der Waals surface area (Å²) >= 11 is 17.0. The summed E-state index contributed by atoms with van der Waals surface area (Å²) in [5.41, 5.74) is 0. The molecule has 0 aliphatic carbocycles. The molecule has 0 heterocycles. The van der Waals surface area contributed by atoms with Crippen LogP contribution in [-0.2, 0) is 10.1 Å². The highest BCUT2D eigenvalue weighted by Gasteiger charge is 2.27. The van der Waals surface area contributed by atoms with Crippen LogP contribution in [0.2, 0.25) is 0 Å². The molecule has 0 fully saturated rings. The average molecular weight is 368 g/mol. The lowest BCUT2D eigenvalue weighted by Gasteiger charge is -2.12. The minimum Gasteiger partial charge on any atom is -0.284 e. The second-order valence-corrected chi connectivity index (χ2v) is 8.25. The van der Waals surface area contributed by atoms with Crippen molar-refractivity contribution in [1.82, 2.24) is 0 Å². The van der Waals surface area contributed by atoms with E-state index in [4.69, 9.17) is 39.4 Å². The highest BCUT2D eigenvalue weighted by Crippen LogP contribution is 2.21. The largest absolute Gasteiger partial charge is 0.284 e. The van der Waals surface area contributed by atoms with E-state index in [1.165, 1.54) is 32.1 Å². The molecule has 1 N–H and O–H groups in total. The van der Waals surface area contributed by atoms with Gasteiger partial charge in [0.05, 0.1) is 5.38 Å². The second-order valence-electron chi connectivity index (χ2n) is 5.04. The molecule has 0 radical (unpaired) electrons. The monoisotopic (exact) mass is 366 g/mol. The Morgan fingerprint density at radius 1 is 0.800 bits per heavy atom. The fraction of sp³-hybridized carbons (Fsp3) is 1.00. The standard InChI is InChI=1S/C13H25Cl3O3S/c14-11-9-7-5-3-1-2-4-6-8-10-12(15)13(16)20(17,18)19/h12-13H,1-11H2,(H,17,18,19). The van der Waals surface area contributed by atoms with Crippen LogP contribution >= 0.6 is 34.8 Å². The molecule has 0 saturated carbocycles. The Bertz CT molecular complexity index is 323. The van der Waals surface area contributed by atoms with Crippen LogP contribution in [-0.4, -0.2) is 28.9 Å². The van der Waals surface area contributed by atoms with E-state index in [1.807, 2.05) is 0 Å². The van der Waals surface area contributed by atoms with Crippen molar-refractivity contribution in [3.63, 3.8) is 0 Å². The summed E-state index contributed by atoms with van der Waals surface area (Å²) in [5.74, 6) is 0.755. The molecule has 0 amide bonds. The van der Waals surface area contributed by atoms with E-state index in [-0.39, 0.29) is 0 Å². The molecule has 0 bridgehead atoms. The lowest BCUT2D eigenvalue weighted by atomic mass is 10.1. The molecule has 0 aliphatic heterocycles. The van der Waals surface area contributed by atoms with Crippen molar-refractivity contribution < 1.29 is 13.0 Å². The molecule has 0 aromatic carbocycles. The summed E-state index contributed by atoms with van der Waals surface area (Å²) in [6, 6.07) is 0. The van der Waals surface area contributed by atoms with Crippen LogP contribution in [0.15, 0.2) is 0 Å². The van der Waals surface area contributed by atoms with Gasteiger partial charge in [-0.1, -0.05) is 51.4 Å². The first-order chi connectivity index (χ1) is 9.39. The van der Waals surface area contributed by atoms with Crippen LogP contribution in [0.3, 0.4) is 0 Å². The summed E-state index contributed by atoms with van der Waals surface area (Å²) < 4.78 is 28.9. The quantitative estimate of drug-likeness (QED) is 0.277. The molecule has 7 heteroatoms. The van der Waals surface area contributed by atoms with Gasteiger partial charge in [-0.05, 0) is 12.8 Å². The van der Waals surface area contributed by atoms with E-state index in [1.54, 1.807) is 0 Å². The Morgan fingerprint density at radius 3 is 1.60 bits per heavy atom. The Morgan fingerprint density at radius 2 is 1.20 bits per heavy atom. The highest BCUT2D eigenvalue weighted by atomic mass is 35.5. The predicted molar refractivity (Wildman–Crippen MR) is 87.7 cm³/mol. The summed E-state index contributed by atoms with van der Waals surface area (Å²) in [7, 11) is -4.24. The molecule has 0 aromatic rings. The van der Waals surface area contributed by atoms with E-state index in [0.717, 1.165) is 31.6 Å². The van der Waals surface area contributed by atoms with Crippen LogP contribution in [0.5, 0.6) is 0 Å². The molecule has 0 rings (SSSR count). The van der Waals surface area contributed by atoms with Gasteiger partial charge in [-0.15, -0.1) is 34.8 Å². The number of unbranched alkanes of at least 4 members (excludes halogenated alkanes) is 8. The van der Waals surface area contributed by atoms with Crippen LogP contribution in [0, 0.1) is 0 Å². The number of alkyl halides is 3. The molecule has 0 spiro atoms. The fourth-order valence-corrected chi connectivity index (χ4v) is 3.36. The van der Waals surface area contributed by atoms with Gasteiger partial charge >= 0.3 is 0 Å². The zero-order valence-electron chi connectivity index (χ0n) is 11.7. The average Bonchev–Trinajstić information content (AvgIpc) is 2.38. The number of halogens is 3. The van der Waals surface area contributed by atoms with Crippen LogP contribution < -0.4 is 0 Å². The van der Waals surface area contributed by atoms with Gasteiger partial charge in [-0.2, -0.15) is 8.42 Å². The van der Waals surface area contributed by atoms with Gasteiger partial charge in [-0.25, -0.2) is 0 Å². The van der Waals surface area contributed by atoms with Gasteiger partial charge in [0.15, 0.2) is 4.71 Å². The van der Waals surface area contributed by atoms with Crippen molar-refractivity contribution in [1.29, 1.82) is 0 Å².